The van der Waals surface area contributed by atoms with Crippen molar-refractivity contribution < 1.29 is 0 Å². The van der Waals surface area contributed by atoms with E-state index in [-0.39, 0.29) is 0 Å². The van der Waals surface area contributed by atoms with Crippen LogP contribution >= 0.6 is 0 Å². The molecular formula is C19H25N5. The molecule has 4 rings (SSSR count). The average molecular weight is 323 g/mol. The van der Waals surface area contributed by atoms with Gasteiger partial charge in [-0.3, -0.25) is 0 Å². The number of benzene rings is 1. The predicted molar refractivity (Wildman–Crippen MR) is 98.7 cm³/mol. The Kier molecular flexibility index (Phi) is 4.49. The Morgan fingerprint density at radius 3 is 2.21 bits per heavy atom. The number of hydrogen-bond acceptors (Lipinski definition) is 5. The summed E-state index contributed by atoms with van der Waals surface area (Å²) in [4.78, 5) is 14.3. The summed E-state index contributed by atoms with van der Waals surface area (Å²) in [5.41, 5.74) is 1.27. The van der Waals surface area contributed by atoms with Crippen molar-refractivity contribution in [2.24, 2.45) is 0 Å². The van der Waals surface area contributed by atoms with E-state index in [2.05, 4.69) is 45.4 Å². The first kappa shape index (κ1) is 15.2. The second kappa shape index (κ2) is 7.07. The smallest absolute Gasteiger partial charge is 0.229 e. The lowest BCUT2D eigenvalue weighted by molar-refractivity contribution is 0.870. The Balaban J connectivity index is 1.56. The monoisotopic (exact) mass is 323 g/mol. The predicted octanol–water partition coefficient (Wildman–Crippen LogP) is 3.29. The third kappa shape index (κ3) is 3.45. The van der Waals surface area contributed by atoms with Crippen LogP contribution in [-0.2, 0) is 6.54 Å². The molecule has 126 valence electrons. The highest BCUT2D eigenvalue weighted by Gasteiger charge is 2.20. The Labute approximate surface area is 143 Å². The number of nitrogens with zero attached hydrogens (tertiary/aromatic N) is 4. The summed E-state index contributed by atoms with van der Waals surface area (Å²) in [6, 6.07) is 12.6. The molecule has 2 aliphatic heterocycles. The summed E-state index contributed by atoms with van der Waals surface area (Å²) < 4.78 is 0. The van der Waals surface area contributed by atoms with Crippen LogP contribution in [0, 0.1) is 0 Å². The maximum atomic E-state index is 4.85. The van der Waals surface area contributed by atoms with Crippen molar-refractivity contribution in [2.75, 3.05) is 41.3 Å². The second-order valence-electron chi connectivity index (χ2n) is 6.64. The molecule has 0 unspecified atom stereocenters. The molecule has 24 heavy (non-hydrogen) atoms. The summed E-state index contributed by atoms with van der Waals surface area (Å²) in [6.07, 6.45) is 5.00. The first-order valence-corrected chi connectivity index (χ1v) is 9.05. The van der Waals surface area contributed by atoms with Crippen LogP contribution in [0.1, 0.15) is 31.2 Å². The van der Waals surface area contributed by atoms with Crippen molar-refractivity contribution in [1.29, 1.82) is 0 Å². The molecule has 0 bridgehead atoms. The lowest BCUT2D eigenvalue weighted by Crippen LogP contribution is -2.24. The maximum Gasteiger partial charge on any atom is 0.229 e. The molecule has 1 N–H and O–H groups in total. The van der Waals surface area contributed by atoms with Crippen molar-refractivity contribution in [2.45, 2.75) is 32.2 Å². The van der Waals surface area contributed by atoms with Crippen molar-refractivity contribution in [3.05, 3.63) is 42.0 Å². The highest BCUT2D eigenvalue weighted by Crippen LogP contribution is 2.25. The highest BCUT2D eigenvalue weighted by molar-refractivity contribution is 5.55. The van der Waals surface area contributed by atoms with Gasteiger partial charge in [-0.2, -0.15) is 9.97 Å². The van der Waals surface area contributed by atoms with Crippen molar-refractivity contribution in [1.82, 2.24) is 9.97 Å². The SMILES string of the molecule is c1ccc(CNc2cc(N3CCCC3)nc(N3CCCC3)n2)cc1. The van der Waals surface area contributed by atoms with E-state index in [1.807, 2.05) is 6.07 Å². The summed E-state index contributed by atoms with van der Waals surface area (Å²) in [6.45, 7) is 5.14. The van der Waals surface area contributed by atoms with Crippen LogP contribution in [0.15, 0.2) is 36.4 Å². The fourth-order valence-electron chi connectivity index (χ4n) is 3.47. The van der Waals surface area contributed by atoms with Crippen LogP contribution < -0.4 is 15.1 Å². The number of rotatable bonds is 5. The Hall–Kier alpha value is -2.30. The lowest BCUT2D eigenvalue weighted by atomic mass is 10.2. The molecule has 0 spiro atoms. The minimum Gasteiger partial charge on any atom is -0.366 e. The zero-order valence-electron chi connectivity index (χ0n) is 14.1. The van der Waals surface area contributed by atoms with Gasteiger partial charge in [-0.15, -0.1) is 0 Å². The van der Waals surface area contributed by atoms with Crippen LogP contribution in [0.25, 0.3) is 0 Å². The van der Waals surface area contributed by atoms with Gasteiger partial charge in [0.1, 0.15) is 11.6 Å². The molecule has 0 saturated carbocycles. The van der Waals surface area contributed by atoms with Gasteiger partial charge in [0, 0.05) is 38.8 Å². The molecule has 0 radical (unpaired) electrons. The van der Waals surface area contributed by atoms with E-state index in [1.165, 1.54) is 31.2 Å². The second-order valence-corrected chi connectivity index (χ2v) is 6.64. The third-order valence-electron chi connectivity index (χ3n) is 4.84. The third-order valence-corrected chi connectivity index (χ3v) is 4.84. The van der Waals surface area contributed by atoms with Gasteiger partial charge in [-0.1, -0.05) is 30.3 Å². The Morgan fingerprint density at radius 2 is 1.50 bits per heavy atom. The van der Waals surface area contributed by atoms with Gasteiger partial charge < -0.3 is 15.1 Å². The fourth-order valence-corrected chi connectivity index (χ4v) is 3.47. The number of nitrogens with one attached hydrogen (secondary N) is 1. The van der Waals surface area contributed by atoms with Gasteiger partial charge in [-0.05, 0) is 31.2 Å². The first-order valence-electron chi connectivity index (χ1n) is 9.05. The normalized spacial score (nSPS) is 17.5. The number of hydrogen-bond donors (Lipinski definition) is 1. The zero-order chi connectivity index (χ0) is 16.2. The van der Waals surface area contributed by atoms with E-state index in [0.717, 1.165) is 50.3 Å². The molecule has 2 aliphatic rings. The van der Waals surface area contributed by atoms with E-state index in [4.69, 9.17) is 9.97 Å². The Morgan fingerprint density at radius 1 is 0.833 bits per heavy atom. The van der Waals surface area contributed by atoms with E-state index in [9.17, 15) is 0 Å². The summed E-state index contributed by atoms with van der Waals surface area (Å²) in [7, 11) is 0. The topological polar surface area (TPSA) is 44.3 Å². The standard InChI is InChI=1S/C19H25N5/c1-2-8-16(9-3-1)15-20-17-14-18(23-10-4-5-11-23)22-19(21-17)24-12-6-7-13-24/h1-3,8-9,14H,4-7,10-13,15H2,(H,20,21,22). The van der Waals surface area contributed by atoms with Gasteiger partial charge >= 0.3 is 0 Å². The summed E-state index contributed by atoms with van der Waals surface area (Å²) >= 11 is 0. The van der Waals surface area contributed by atoms with E-state index >= 15 is 0 Å². The Bertz CT molecular complexity index is 626. The van der Waals surface area contributed by atoms with Gasteiger partial charge in [-0.25, -0.2) is 0 Å². The van der Waals surface area contributed by atoms with Crippen molar-refractivity contribution in [3.63, 3.8) is 0 Å². The summed E-state index contributed by atoms with van der Waals surface area (Å²) in [5.74, 6) is 2.88. The lowest BCUT2D eigenvalue weighted by Gasteiger charge is -2.22. The molecule has 1 aromatic carbocycles. The molecule has 3 heterocycles. The molecule has 0 amide bonds. The molecule has 2 aromatic rings. The fraction of sp³-hybridized carbons (Fsp3) is 0.474. The summed E-state index contributed by atoms with van der Waals surface area (Å²) in [5, 5.41) is 3.48. The molecule has 5 nitrogen and oxygen atoms in total. The highest BCUT2D eigenvalue weighted by atomic mass is 15.3. The average Bonchev–Trinajstić information content (AvgIpc) is 3.34. The number of anilines is 3. The maximum absolute atomic E-state index is 4.85. The minimum absolute atomic E-state index is 0.788. The zero-order valence-corrected chi connectivity index (χ0v) is 14.1. The van der Waals surface area contributed by atoms with Gasteiger partial charge in [0.05, 0.1) is 0 Å². The van der Waals surface area contributed by atoms with Crippen molar-refractivity contribution >= 4 is 17.6 Å². The van der Waals surface area contributed by atoms with Crippen LogP contribution in [-0.4, -0.2) is 36.1 Å². The van der Waals surface area contributed by atoms with Gasteiger partial charge in [0.2, 0.25) is 5.95 Å². The minimum atomic E-state index is 0.788. The van der Waals surface area contributed by atoms with E-state index in [0.29, 0.717) is 0 Å². The molecular weight excluding hydrogens is 298 g/mol. The molecule has 5 heteroatoms. The first-order chi connectivity index (χ1) is 11.9. The van der Waals surface area contributed by atoms with Gasteiger partial charge in [0.15, 0.2) is 0 Å². The molecule has 0 aliphatic carbocycles. The quantitative estimate of drug-likeness (QED) is 0.915. The number of aromatic nitrogens is 2. The van der Waals surface area contributed by atoms with E-state index < -0.39 is 0 Å². The molecule has 2 fully saturated rings. The largest absolute Gasteiger partial charge is 0.366 e. The molecule has 0 atom stereocenters. The van der Waals surface area contributed by atoms with Crippen LogP contribution in [0.3, 0.4) is 0 Å². The molecule has 2 saturated heterocycles. The van der Waals surface area contributed by atoms with E-state index in [1.54, 1.807) is 0 Å². The van der Waals surface area contributed by atoms with Gasteiger partial charge in [0.25, 0.3) is 0 Å². The van der Waals surface area contributed by atoms with Crippen LogP contribution in [0.4, 0.5) is 17.6 Å². The van der Waals surface area contributed by atoms with Crippen LogP contribution in [0.5, 0.6) is 0 Å². The van der Waals surface area contributed by atoms with Crippen LogP contribution in [0.2, 0.25) is 0 Å². The van der Waals surface area contributed by atoms with Crippen molar-refractivity contribution in [3.8, 4) is 0 Å². The molecule has 1 aromatic heterocycles.